The first-order valence-corrected chi connectivity index (χ1v) is 8.07. The molecule has 0 saturated carbocycles. The maximum atomic E-state index is 11.0. The van der Waals surface area contributed by atoms with Crippen molar-refractivity contribution >= 4 is 36.3 Å². The molecular weight excluding hydrogens is 272 g/mol. The minimum atomic E-state index is -5.13. The highest BCUT2D eigenvalue weighted by Gasteiger charge is 2.39. The van der Waals surface area contributed by atoms with E-state index in [1.165, 1.54) is 0 Å². The van der Waals surface area contributed by atoms with Crippen LogP contribution in [-0.2, 0) is 35.1 Å². The average molecular weight is 278 g/mol. The monoisotopic (exact) mass is 278 g/mol. The molecule has 0 radical (unpaired) electrons. The van der Waals surface area contributed by atoms with Gasteiger partial charge in [-0.3, -0.25) is 0 Å². The first kappa shape index (κ1) is 14.2. The van der Waals surface area contributed by atoms with Gasteiger partial charge in [0.05, 0.1) is 12.5 Å². The summed E-state index contributed by atoms with van der Waals surface area (Å²) in [5.74, 6) is 0. The zero-order chi connectivity index (χ0) is 12.5. The average Bonchev–Trinajstić information content (AvgIpc) is 1.75. The van der Waals surface area contributed by atoms with Gasteiger partial charge in [0.15, 0.2) is 0 Å². The summed E-state index contributed by atoms with van der Waals surface area (Å²) in [4.78, 5) is 9.69. The zero-order valence-corrected chi connectivity index (χ0v) is 9.93. The van der Waals surface area contributed by atoms with Crippen molar-refractivity contribution in [1.82, 2.24) is 3.12 Å². The Balaban J connectivity index is 6.13. The molecule has 0 aromatic carbocycles. The van der Waals surface area contributed by atoms with Crippen molar-refractivity contribution in [2.24, 2.45) is 4.40 Å². The molecule has 0 aliphatic carbocycles. The second-order valence-electron chi connectivity index (χ2n) is 2.32. The normalized spacial score (nSPS) is 13.5. The Morgan fingerprint density at radius 2 is 1.27 bits per heavy atom. The Morgan fingerprint density at radius 3 is 1.47 bits per heavy atom. The molecular formula is C3H6N2O7S3. The van der Waals surface area contributed by atoms with E-state index in [1.807, 2.05) is 0 Å². The van der Waals surface area contributed by atoms with E-state index in [0.29, 0.717) is 18.6 Å². The SMILES string of the molecule is CS(=O)(=O)N(S(C)(=O)=O)S(=O)(=O)N=C=O. The molecule has 15 heavy (non-hydrogen) atoms. The van der Waals surface area contributed by atoms with Gasteiger partial charge in [-0.2, -0.15) is 8.42 Å². The molecule has 9 nitrogen and oxygen atoms in total. The van der Waals surface area contributed by atoms with Crippen molar-refractivity contribution in [3.05, 3.63) is 0 Å². The first-order chi connectivity index (χ1) is 6.43. The number of hydrogen-bond acceptors (Lipinski definition) is 7. The van der Waals surface area contributed by atoms with E-state index >= 15 is 0 Å². The smallest absolute Gasteiger partial charge is 0.210 e. The van der Waals surface area contributed by atoms with Gasteiger partial charge in [0.25, 0.3) is 6.08 Å². The van der Waals surface area contributed by atoms with Crippen LogP contribution in [0.15, 0.2) is 4.40 Å². The van der Waals surface area contributed by atoms with Crippen LogP contribution >= 0.6 is 0 Å². The van der Waals surface area contributed by atoms with Crippen LogP contribution in [0.25, 0.3) is 0 Å². The third-order valence-electron chi connectivity index (χ3n) is 0.883. The molecule has 0 heterocycles. The van der Waals surface area contributed by atoms with Gasteiger partial charge in [-0.15, -0.1) is 0 Å². The van der Waals surface area contributed by atoms with Gasteiger partial charge >= 0.3 is 10.2 Å². The van der Waals surface area contributed by atoms with Crippen LogP contribution in [0.4, 0.5) is 0 Å². The first-order valence-electron chi connectivity index (χ1n) is 2.97. The van der Waals surface area contributed by atoms with Crippen molar-refractivity contribution in [2.75, 3.05) is 12.5 Å². The van der Waals surface area contributed by atoms with Gasteiger partial charge in [-0.05, 0) is 0 Å². The molecule has 0 aromatic heterocycles. The molecule has 0 spiro atoms. The van der Waals surface area contributed by atoms with E-state index < -0.39 is 33.4 Å². The predicted octanol–water partition coefficient (Wildman–Crippen LogP) is -2.21. The number of nitrogens with zero attached hydrogens (tertiary/aromatic N) is 2. The van der Waals surface area contributed by atoms with E-state index in [0.717, 1.165) is 0 Å². The quantitative estimate of drug-likeness (QED) is 0.420. The fourth-order valence-corrected chi connectivity index (χ4v) is 5.73. The fraction of sp³-hybridized carbons (Fsp3) is 0.667. The Kier molecular flexibility index (Phi) is 3.77. The molecule has 12 heteroatoms. The third kappa shape index (κ3) is 3.68. The summed E-state index contributed by atoms with van der Waals surface area (Å²) >= 11 is 0. The highest BCUT2D eigenvalue weighted by atomic mass is 32.3. The second kappa shape index (κ2) is 3.98. The zero-order valence-electron chi connectivity index (χ0n) is 7.48. The summed E-state index contributed by atoms with van der Waals surface area (Å²) in [5.41, 5.74) is 0. The minimum Gasteiger partial charge on any atom is -0.210 e. The summed E-state index contributed by atoms with van der Waals surface area (Å²) < 4.78 is 66.7. The van der Waals surface area contributed by atoms with E-state index in [4.69, 9.17) is 0 Å². The summed E-state index contributed by atoms with van der Waals surface area (Å²) in [5, 5.41) is 0. The number of isocyanates is 1. The van der Waals surface area contributed by atoms with E-state index in [9.17, 15) is 30.0 Å². The lowest BCUT2D eigenvalue weighted by molar-refractivity contribution is 0.535. The summed E-state index contributed by atoms with van der Waals surface area (Å²) in [6.45, 7) is 0. The lowest BCUT2D eigenvalue weighted by Gasteiger charge is -2.12. The lowest BCUT2D eigenvalue weighted by atomic mass is 11.7. The highest BCUT2D eigenvalue weighted by Crippen LogP contribution is 2.13. The number of sulfonamides is 2. The van der Waals surface area contributed by atoms with Crippen molar-refractivity contribution in [2.45, 2.75) is 0 Å². The maximum Gasteiger partial charge on any atom is 0.359 e. The highest BCUT2D eigenvalue weighted by molar-refractivity contribution is 8.16. The summed E-state index contributed by atoms with van der Waals surface area (Å²) in [7, 11) is -14.4. The van der Waals surface area contributed by atoms with E-state index in [1.54, 1.807) is 0 Å². The topological polar surface area (TPSA) is 135 Å². The molecule has 0 rings (SSSR count). The van der Waals surface area contributed by atoms with Crippen molar-refractivity contribution in [3.8, 4) is 0 Å². The van der Waals surface area contributed by atoms with Gasteiger partial charge in [0, 0.05) is 3.12 Å². The summed E-state index contributed by atoms with van der Waals surface area (Å²) in [6.07, 6.45) is 1.23. The second-order valence-corrected chi connectivity index (χ2v) is 8.12. The molecule has 0 bridgehead atoms. The van der Waals surface area contributed by atoms with Crippen LogP contribution < -0.4 is 0 Å². The molecule has 0 N–H and O–H groups in total. The van der Waals surface area contributed by atoms with Gasteiger partial charge in [-0.25, -0.2) is 21.6 Å². The van der Waals surface area contributed by atoms with Crippen LogP contribution in [0.5, 0.6) is 0 Å². The van der Waals surface area contributed by atoms with E-state index in [-0.39, 0.29) is 0 Å². The molecule has 0 aromatic rings. The minimum absolute atomic E-state index is 0.339. The molecule has 0 unspecified atom stereocenters. The van der Waals surface area contributed by atoms with Crippen LogP contribution in [0, 0.1) is 0 Å². The van der Waals surface area contributed by atoms with Crippen molar-refractivity contribution in [3.63, 3.8) is 0 Å². The Labute approximate surface area is 86.7 Å². The van der Waals surface area contributed by atoms with Crippen LogP contribution in [0.1, 0.15) is 0 Å². The Hall–Kier alpha value is -0.810. The van der Waals surface area contributed by atoms with Gasteiger partial charge in [-0.1, -0.05) is 4.40 Å². The van der Waals surface area contributed by atoms with Gasteiger partial charge < -0.3 is 0 Å². The molecule has 0 amide bonds. The molecule has 0 aliphatic rings. The molecule has 88 valence electrons. The maximum absolute atomic E-state index is 11.0. The van der Waals surface area contributed by atoms with E-state index in [2.05, 4.69) is 4.40 Å². The van der Waals surface area contributed by atoms with Crippen molar-refractivity contribution < 1.29 is 30.0 Å². The number of carbonyl (C=O) groups excluding carboxylic acids is 1. The standard InChI is InChI=1S/C3H6N2O7S3/c1-13(7,8)5(14(2,9)10)15(11,12)4-3-6/h1-2H3. The molecule has 0 atom stereocenters. The predicted molar refractivity (Wildman–Crippen MR) is 48.6 cm³/mol. The number of hydrogen-bond donors (Lipinski definition) is 0. The van der Waals surface area contributed by atoms with Crippen LogP contribution in [0.3, 0.4) is 0 Å². The molecule has 0 saturated heterocycles. The number of rotatable bonds is 4. The fourth-order valence-electron chi connectivity index (χ4n) is 0.669. The lowest BCUT2D eigenvalue weighted by Crippen LogP contribution is -2.39. The summed E-state index contributed by atoms with van der Waals surface area (Å²) in [6, 6.07) is 0. The Morgan fingerprint density at radius 1 is 0.933 bits per heavy atom. The molecule has 0 aliphatic heterocycles. The van der Waals surface area contributed by atoms with Crippen LogP contribution in [-0.4, -0.2) is 47.0 Å². The third-order valence-corrected chi connectivity index (χ3v) is 7.03. The van der Waals surface area contributed by atoms with Gasteiger partial charge in [0.1, 0.15) is 0 Å². The largest absolute Gasteiger partial charge is 0.359 e. The molecule has 0 fully saturated rings. The van der Waals surface area contributed by atoms with Crippen molar-refractivity contribution in [1.29, 1.82) is 0 Å². The Bertz CT molecular complexity index is 558. The van der Waals surface area contributed by atoms with Gasteiger partial charge in [0.2, 0.25) is 20.0 Å². The van der Waals surface area contributed by atoms with Crippen LogP contribution in [0.2, 0.25) is 0 Å².